The number of rotatable bonds is 13. The zero-order valence-corrected chi connectivity index (χ0v) is 22.0. The van der Waals surface area contributed by atoms with Crippen LogP contribution in [0.1, 0.15) is 35.3 Å². The fourth-order valence-corrected chi connectivity index (χ4v) is 4.57. The number of amides is 1. The second-order valence-electron chi connectivity index (χ2n) is 9.26. The summed E-state index contributed by atoms with van der Waals surface area (Å²) in [5.74, 6) is -0.228. The summed E-state index contributed by atoms with van der Waals surface area (Å²) < 4.78 is 25.2. The minimum absolute atomic E-state index is 0.0130. The molecule has 0 aliphatic carbocycles. The summed E-state index contributed by atoms with van der Waals surface area (Å²) in [6, 6.07) is 22.3. The Morgan fingerprint density at radius 3 is 2.38 bits per heavy atom. The van der Waals surface area contributed by atoms with Crippen molar-refractivity contribution in [2.75, 3.05) is 24.1 Å². The summed E-state index contributed by atoms with van der Waals surface area (Å²) >= 11 is 0. The first-order valence-corrected chi connectivity index (χ1v) is 14.1. The Balaban J connectivity index is 1.47. The fourth-order valence-electron chi connectivity index (χ4n) is 4.00. The number of hydrogen-bond donors (Lipinski definition) is 5. The second kappa shape index (κ2) is 13.2. The van der Waals surface area contributed by atoms with Crippen LogP contribution in [-0.4, -0.2) is 49.9 Å². The van der Waals surface area contributed by atoms with Crippen LogP contribution in [0.5, 0.6) is 5.75 Å². The number of hydrogen-bond acceptors (Lipinski definition) is 6. The Bertz CT molecular complexity index is 1280. The van der Waals surface area contributed by atoms with Gasteiger partial charge in [0, 0.05) is 19.1 Å². The number of nitrogens with one attached hydrogen (secondary N) is 3. The van der Waals surface area contributed by atoms with Gasteiger partial charge in [0.2, 0.25) is 15.9 Å². The van der Waals surface area contributed by atoms with Gasteiger partial charge in [0.15, 0.2) is 0 Å². The van der Waals surface area contributed by atoms with Crippen molar-refractivity contribution >= 4 is 21.6 Å². The predicted molar refractivity (Wildman–Crippen MR) is 146 cm³/mol. The standard InChI is InChI=1S/C28H35N3O5S/c1-20(30-19-27(33)24-11-12-26(32)25(18-24)31-37(2,35)36)15-22-9-6-10-23(16-22)17-28(34)29-14-13-21-7-4-3-5-8-21/h3-12,16,18,20,27,30-33H,13-15,17,19H2,1-2H3,(H,29,34)/t20-,27-/m1/s1. The molecule has 2 atom stereocenters. The Labute approximate surface area is 218 Å². The van der Waals surface area contributed by atoms with Crippen molar-refractivity contribution in [2.24, 2.45) is 0 Å². The molecule has 0 heterocycles. The van der Waals surface area contributed by atoms with Crippen LogP contribution in [0.4, 0.5) is 5.69 Å². The number of phenols is 1. The van der Waals surface area contributed by atoms with Crippen molar-refractivity contribution < 1.29 is 23.4 Å². The monoisotopic (exact) mass is 525 g/mol. The molecule has 198 valence electrons. The molecular weight excluding hydrogens is 490 g/mol. The minimum atomic E-state index is -3.56. The van der Waals surface area contributed by atoms with Crippen LogP contribution in [0.3, 0.4) is 0 Å². The lowest BCUT2D eigenvalue weighted by Gasteiger charge is -2.19. The molecule has 0 aliphatic heterocycles. The van der Waals surface area contributed by atoms with Crippen molar-refractivity contribution in [2.45, 2.75) is 38.3 Å². The Morgan fingerprint density at radius 1 is 0.946 bits per heavy atom. The van der Waals surface area contributed by atoms with Gasteiger partial charge < -0.3 is 20.8 Å². The maximum absolute atomic E-state index is 12.4. The fraction of sp³-hybridized carbons (Fsp3) is 0.321. The van der Waals surface area contributed by atoms with Gasteiger partial charge in [-0.2, -0.15) is 0 Å². The topological polar surface area (TPSA) is 128 Å². The van der Waals surface area contributed by atoms with Gasteiger partial charge in [-0.25, -0.2) is 8.42 Å². The Morgan fingerprint density at radius 2 is 1.65 bits per heavy atom. The van der Waals surface area contributed by atoms with Gasteiger partial charge in [-0.15, -0.1) is 0 Å². The number of carbonyl (C=O) groups excluding carboxylic acids is 1. The number of anilines is 1. The molecule has 0 aliphatic rings. The molecular formula is C28H35N3O5S. The van der Waals surface area contributed by atoms with E-state index in [9.17, 15) is 23.4 Å². The van der Waals surface area contributed by atoms with Crippen molar-refractivity contribution in [1.29, 1.82) is 0 Å². The summed E-state index contributed by atoms with van der Waals surface area (Å²) in [7, 11) is -3.56. The highest BCUT2D eigenvalue weighted by Gasteiger charge is 2.14. The number of aliphatic hydroxyl groups is 1. The summed E-state index contributed by atoms with van der Waals surface area (Å²) in [6.07, 6.45) is 1.91. The van der Waals surface area contributed by atoms with Crippen LogP contribution >= 0.6 is 0 Å². The molecule has 0 saturated heterocycles. The summed E-state index contributed by atoms with van der Waals surface area (Å²) in [4.78, 5) is 12.4. The lowest BCUT2D eigenvalue weighted by atomic mass is 10.0. The molecule has 0 unspecified atom stereocenters. The van der Waals surface area contributed by atoms with E-state index in [2.05, 4.69) is 15.4 Å². The van der Waals surface area contributed by atoms with Crippen LogP contribution in [-0.2, 0) is 34.1 Å². The molecule has 0 fully saturated rings. The van der Waals surface area contributed by atoms with Crippen molar-refractivity contribution in [1.82, 2.24) is 10.6 Å². The van der Waals surface area contributed by atoms with Crippen LogP contribution in [0.15, 0.2) is 72.8 Å². The first-order valence-electron chi connectivity index (χ1n) is 12.2. The smallest absolute Gasteiger partial charge is 0.229 e. The molecule has 9 heteroatoms. The predicted octanol–water partition coefficient (Wildman–Crippen LogP) is 2.92. The molecule has 0 bridgehead atoms. The quantitative estimate of drug-likeness (QED) is 0.218. The van der Waals surface area contributed by atoms with Crippen molar-refractivity contribution in [3.05, 3.63) is 95.1 Å². The van der Waals surface area contributed by atoms with Crippen molar-refractivity contribution in [3.8, 4) is 5.75 Å². The highest BCUT2D eigenvalue weighted by Crippen LogP contribution is 2.27. The normalized spacial score (nSPS) is 13.1. The third-order valence-corrected chi connectivity index (χ3v) is 6.43. The number of sulfonamides is 1. The highest BCUT2D eigenvalue weighted by molar-refractivity contribution is 7.92. The Kier molecular flexibility index (Phi) is 10.1. The van der Waals surface area contributed by atoms with Crippen LogP contribution in [0, 0.1) is 0 Å². The average molecular weight is 526 g/mol. The van der Waals surface area contributed by atoms with E-state index < -0.39 is 16.1 Å². The number of aliphatic hydroxyl groups excluding tert-OH is 1. The molecule has 3 rings (SSSR count). The summed E-state index contributed by atoms with van der Waals surface area (Å²) in [5.41, 5.74) is 3.70. The largest absolute Gasteiger partial charge is 0.506 e. The summed E-state index contributed by atoms with van der Waals surface area (Å²) in [6.45, 7) is 2.84. The number of benzene rings is 3. The first-order chi connectivity index (χ1) is 17.6. The van der Waals surface area contributed by atoms with Crippen LogP contribution in [0.2, 0.25) is 0 Å². The third kappa shape index (κ3) is 9.87. The molecule has 8 nitrogen and oxygen atoms in total. The zero-order valence-electron chi connectivity index (χ0n) is 21.1. The van der Waals surface area contributed by atoms with E-state index in [0.717, 1.165) is 23.8 Å². The van der Waals surface area contributed by atoms with E-state index in [1.54, 1.807) is 6.07 Å². The van der Waals surface area contributed by atoms with Gasteiger partial charge in [0.1, 0.15) is 5.75 Å². The van der Waals surface area contributed by atoms with Gasteiger partial charge in [-0.05, 0) is 54.2 Å². The van der Waals surface area contributed by atoms with Crippen LogP contribution < -0.4 is 15.4 Å². The van der Waals surface area contributed by atoms with Gasteiger partial charge in [-0.1, -0.05) is 60.7 Å². The van der Waals surface area contributed by atoms with Crippen LogP contribution in [0.25, 0.3) is 0 Å². The Hall–Kier alpha value is -3.40. The van der Waals surface area contributed by atoms with E-state index in [1.807, 2.05) is 61.5 Å². The van der Waals surface area contributed by atoms with E-state index >= 15 is 0 Å². The molecule has 5 N–H and O–H groups in total. The molecule has 3 aromatic rings. The maximum atomic E-state index is 12.4. The minimum Gasteiger partial charge on any atom is -0.506 e. The lowest BCUT2D eigenvalue weighted by Crippen LogP contribution is -2.32. The molecule has 1 amide bonds. The van der Waals surface area contributed by atoms with E-state index in [4.69, 9.17) is 0 Å². The molecule has 0 saturated carbocycles. The zero-order chi connectivity index (χ0) is 26.8. The van der Waals surface area contributed by atoms with E-state index in [0.29, 0.717) is 24.9 Å². The van der Waals surface area contributed by atoms with E-state index in [1.165, 1.54) is 17.7 Å². The SMILES string of the molecule is C[C@H](Cc1cccc(CC(=O)NCCc2ccccc2)c1)NC[C@@H](O)c1ccc(O)c(NS(C)(=O)=O)c1. The van der Waals surface area contributed by atoms with Gasteiger partial charge in [0.05, 0.1) is 24.5 Å². The second-order valence-corrected chi connectivity index (χ2v) is 11.0. The number of carbonyl (C=O) groups is 1. The number of phenolic OH excluding ortho intramolecular Hbond substituents is 1. The molecule has 0 radical (unpaired) electrons. The average Bonchev–Trinajstić information content (AvgIpc) is 2.84. The third-order valence-electron chi connectivity index (χ3n) is 5.84. The molecule has 0 aromatic heterocycles. The molecule has 37 heavy (non-hydrogen) atoms. The highest BCUT2D eigenvalue weighted by atomic mass is 32.2. The van der Waals surface area contributed by atoms with Gasteiger partial charge in [0.25, 0.3) is 0 Å². The summed E-state index contributed by atoms with van der Waals surface area (Å²) in [5, 5.41) is 26.7. The van der Waals surface area contributed by atoms with Gasteiger partial charge >= 0.3 is 0 Å². The van der Waals surface area contributed by atoms with E-state index in [-0.39, 0.29) is 29.9 Å². The number of aromatic hydroxyl groups is 1. The van der Waals surface area contributed by atoms with Gasteiger partial charge in [-0.3, -0.25) is 9.52 Å². The maximum Gasteiger partial charge on any atom is 0.229 e. The first kappa shape index (κ1) is 28.2. The molecule has 3 aromatic carbocycles. The molecule has 0 spiro atoms. The van der Waals surface area contributed by atoms with Crippen molar-refractivity contribution in [3.63, 3.8) is 0 Å². The lowest BCUT2D eigenvalue weighted by molar-refractivity contribution is -0.120.